The highest BCUT2D eigenvalue weighted by Crippen LogP contribution is 2.26. The average molecular weight is 984 g/mol. The van der Waals surface area contributed by atoms with E-state index in [1.54, 1.807) is 72.8 Å². The van der Waals surface area contributed by atoms with Crippen LogP contribution in [0, 0.1) is 0 Å². The minimum absolute atomic E-state index is 0.00994. The van der Waals surface area contributed by atoms with Crippen LogP contribution in [0.4, 0.5) is 17.1 Å². The van der Waals surface area contributed by atoms with Crippen LogP contribution in [-0.4, -0.2) is 83.6 Å². The van der Waals surface area contributed by atoms with E-state index in [0.29, 0.717) is 55.8 Å². The van der Waals surface area contributed by atoms with Gasteiger partial charge in [0, 0.05) is 38.4 Å². The fourth-order valence-electron chi connectivity index (χ4n) is 6.55. The molecule has 16 heteroatoms. The lowest BCUT2D eigenvalue weighted by Gasteiger charge is -2.13. The second-order valence-corrected chi connectivity index (χ2v) is 16.2. The fraction of sp³-hybridized carbons (Fsp3) is 0.304. The Morgan fingerprint density at radius 1 is 0.431 bits per heavy atom. The van der Waals surface area contributed by atoms with E-state index in [-0.39, 0.29) is 41.4 Å². The molecule has 5 aromatic rings. The van der Waals surface area contributed by atoms with E-state index in [1.165, 1.54) is 18.2 Å². The van der Waals surface area contributed by atoms with Gasteiger partial charge in [-0.3, -0.25) is 0 Å². The molecule has 0 radical (unpaired) electrons. The van der Waals surface area contributed by atoms with Gasteiger partial charge in [-0.1, -0.05) is 13.2 Å². The lowest BCUT2D eigenvalue weighted by atomic mass is 10.0. The van der Waals surface area contributed by atoms with Crippen molar-refractivity contribution >= 4 is 46.9 Å². The quantitative estimate of drug-likeness (QED) is 0.0102. The molecule has 0 amide bonds. The molecule has 378 valence electrons. The predicted octanol–water partition coefficient (Wildman–Crippen LogP) is 11.6. The first-order valence-corrected chi connectivity index (χ1v) is 23.7. The number of hydrogen-bond acceptors (Lipinski definition) is 16. The monoisotopic (exact) mass is 983 g/mol. The van der Waals surface area contributed by atoms with Crippen molar-refractivity contribution in [3.05, 3.63) is 157 Å². The van der Waals surface area contributed by atoms with Gasteiger partial charge in [-0.2, -0.15) is 10.2 Å². The van der Waals surface area contributed by atoms with E-state index < -0.39 is 29.8 Å². The number of esters is 5. The van der Waals surface area contributed by atoms with Crippen molar-refractivity contribution in [3.8, 4) is 28.7 Å². The molecule has 0 saturated heterocycles. The van der Waals surface area contributed by atoms with Gasteiger partial charge in [0.25, 0.3) is 0 Å². The number of anilines is 1. The first-order chi connectivity index (χ1) is 35.0. The number of unbranched alkanes of at least 4 members (excludes halogenated alkanes) is 6. The third kappa shape index (κ3) is 19.6. The average Bonchev–Trinajstić information content (AvgIpc) is 3.40. The SMILES string of the molecule is C=CC(=O)OCCCCCCOc1ccc(OC(=O)c2ccc(C(=O)Oc3ccc(OCCCCCCOC(=O)C=C)cc3)c(C(=O)OCCCOc3ccc(N=Nc4ccc(N(C)C)cc4)cc3)c2)cc1. The molecule has 0 saturated carbocycles. The molecule has 0 unspecified atom stereocenters. The van der Waals surface area contributed by atoms with Crippen molar-refractivity contribution in [2.24, 2.45) is 10.2 Å². The zero-order chi connectivity index (χ0) is 51.3. The van der Waals surface area contributed by atoms with E-state index in [1.807, 2.05) is 43.3 Å². The lowest BCUT2D eigenvalue weighted by molar-refractivity contribution is -0.138. The van der Waals surface area contributed by atoms with Crippen LogP contribution in [-0.2, 0) is 23.8 Å². The van der Waals surface area contributed by atoms with Crippen molar-refractivity contribution in [3.63, 3.8) is 0 Å². The Labute approximate surface area is 420 Å². The number of carbonyl (C=O) groups excluding carboxylic acids is 5. The number of ether oxygens (including phenoxy) is 8. The molecule has 0 atom stereocenters. The summed E-state index contributed by atoms with van der Waals surface area (Å²) < 4.78 is 44.3. The Bertz CT molecular complexity index is 2560. The molecule has 5 rings (SSSR count). The summed E-state index contributed by atoms with van der Waals surface area (Å²) in [5.41, 5.74) is 2.09. The van der Waals surface area contributed by atoms with Crippen LogP contribution in [0.1, 0.15) is 88.9 Å². The van der Waals surface area contributed by atoms with Crippen LogP contribution in [0.3, 0.4) is 0 Å². The van der Waals surface area contributed by atoms with Gasteiger partial charge in [-0.05, 0) is 167 Å². The van der Waals surface area contributed by atoms with Crippen molar-refractivity contribution in [2.45, 2.75) is 57.8 Å². The van der Waals surface area contributed by atoms with E-state index in [0.717, 1.165) is 74.9 Å². The number of azo groups is 1. The highest BCUT2D eigenvalue weighted by Gasteiger charge is 2.23. The topological polar surface area (TPSA) is 187 Å². The minimum Gasteiger partial charge on any atom is -0.494 e. The highest BCUT2D eigenvalue weighted by molar-refractivity contribution is 6.06. The van der Waals surface area contributed by atoms with Crippen LogP contribution in [0.15, 0.2) is 151 Å². The summed E-state index contributed by atoms with van der Waals surface area (Å²) in [4.78, 5) is 65.0. The first-order valence-electron chi connectivity index (χ1n) is 23.7. The summed E-state index contributed by atoms with van der Waals surface area (Å²) in [5.74, 6) is -1.18. The molecule has 0 aliphatic rings. The summed E-state index contributed by atoms with van der Waals surface area (Å²) in [5, 5.41) is 8.59. The van der Waals surface area contributed by atoms with E-state index >= 15 is 0 Å². The van der Waals surface area contributed by atoms with Gasteiger partial charge in [0.15, 0.2) is 0 Å². The van der Waals surface area contributed by atoms with Crippen molar-refractivity contribution < 1.29 is 61.9 Å². The Balaban J connectivity index is 1.14. The molecule has 0 aliphatic heterocycles. The molecule has 0 fully saturated rings. The predicted molar refractivity (Wildman–Crippen MR) is 271 cm³/mol. The van der Waals surface area contributed by atoms with Crippen molar-refractivity contribution in [1.29, 1.82) is 0 Å². The Morgan fingerprint density at radius 2 is 0.833 bits per heavy atom. The molecular formula is C56H61N3O13. The maximum absolute atomic E-state index is 13.6. The first kappa shape index (κ1) is 54.7. The molecule has 5 aromatic carbocycles. The van der Waals surface area contributed by atoms with Crippen molar-refractivity contribution in [1.82, 2.24) is 0 Å². The van der Waals surface area contributed by atoms with Crippen molar-refractivity contribution in [2.75, 3.05) is 58.6 Å². The molecule has 0 spiro atoms. The number of carbonyl (C=O) groups is 5. The molecule has 72 heavy (non-hydrogen) atoms. The van der Waals surface area contributed by atoms with E-state index in [2.05, 4.69) is 23.4 Å². The van der Waals surface area contributed by atoms with Gasteiger partial charge in [0.2, 0.25) is 0 Å². The summed E-state index contributed by atoms with van der Waals surface area (Å²) in [7, 11) is 3.94. The zero-order valence-electron chi connectivity index (χ0n) is 40.8. The standard InChI is InChI=1S/C56H61N3O13/c1-5-52(60)68-36-13-9-7-11-34-65-46-25-29-48(30-26-46)71-54(62)41-16-33-50(56(64)72-49-31-27-47(28-32-49)66-35-12-8-10-14-37-69-53(61)6-2)51(40-41)55(63)70-39-15-38-67-45-23-19-43(20-24-45)58-57-42-17-21-44(22-18-42)59(3)4/h5-6,16-33,40H,1-2,7-15,34-39H2,3-4H3. The van der Waals surface area contributed by atoms with E-state index in [9.17, 15) is 24.0 Å². The van der Waals surface area contributed by atoms with Gasteiger partial charge in [-0.15, -0.1) is 0 Å². The summed E-state index contributed by atoms with van der Waals surface area (Å²) in [6.07, 6.45) is 9.22. The Hall–Kier alpha value is -8.27. The molecule has 0 heterocycles. The lowest BCUT2D eigenvalue weighted by Crippen LogP contribution is -2.19. The number of rotatable bonds is 31. The Morgan fingerprint density at radius 3 is 1.31 bits per heavy atom. The summed E-state index contributed by atoms with van der Waals surface area (Å²) in [6.45, 7) is 8.54. The number of nitrogens with zero attached hydrogens (tertiary/aromatic N) is 3. The third-order valence-corrected chi connectivity index (χ3v) is 10.5. The maximum Gasteiger partial charge on any atom is 0.344 e. The molecule has 0 N–H and O–H groups in total. The van der Waals surface area contributed by atoms with Gasteiger partial charge >= 0.3 is 29.8 Å². The second kappa shape index (κ2) is 30.4. The summed E-state index contributed by atoms with van der Waals surface area (Å²) >= 11 is 0. The second-order valence-electron chi connectivity index (χ2n) is 16.2. The van der Waals surface area contributed by atoms with Gasteiger partial charge in [-0.25, -0.2) is 24.0 Å². The molecular weight excluding hydrogens is 923 g/mol. The van der Waals surface area contributed by atoms with Crippen LogP contribution < -0.4 is 28.6 Å². The van der Waals surface area contributed by atoms with Crippen LogP contribution in [0.5, 0.6) is 28.7 Å². The summed E-state index contributed by atoms with van der Waals surface area (Å²) in [6, 6.07) is 31.7. The molecule has 0 bridgehead atoms. The maximum atomic E-state index is 13.6. The fourth-order valence-corrected chi connectivity index (χ4v) is 6.55. The highest BCUT2D eigenvalue weighted by atomic mass is 16.6. The van der Waals surface area contributed by atoms with Crippen LogP contribution in [0.2, 0.25) is 0 Å². The third-order valence-electron chi connectivity index (χ3n) is 10.5. The normalized spacial score (nSPS) is 10.7. The molecule has 0 aliphatic carbocycles. The van der Waals surface area contributed by atoms with Gasteiger partial charge in [0.1, 0.15) is 28.7 Å². The Kier molecular flexibility index (Phi) is 23.1. The van der Waals surface area contributed by atoms with Crippen LogP contribution >= 0.6 is 0 Å². The largest absolute Gasteiger partial charge is 0.494 e. The van der Waals surface area contributed by atoms with Gasteiger partial charge < -0.3 is 42.8 Å². The smallest absolute Gasteiger partial charge is 0.344 e. The molecule has 0 aromatic heterocycles. The zero-order valence-corrected chi connectivity index (χ0v) is 40.8. The van der Waals surface area contributed by atoms with Gasteiger partial charge in [0.05, 0.1) is 67.7 Å². The minimum atomic E-state index is -0.859. The molecule has 16 nitrogen and oxygen atoms in total. The van der Waals surface area contributed by atoms with E-state index in [4.69, 9.17) is 37.9 Å². The number of hydrogen-bond donors (Lipinski definition) is 0. The van der Waals surface area contributed by atoms with Crippen LogP contribution in [0.25, 0.3) is 0 Å². The number of benzene rings is 5.